The fourth-order valence-corrected chi connectivity index (χ4v) is 2.72. The van der Waals surface area contributed by atoms with Gasteiger partial charge in [0.05, 0.1) is 6.61 Å². The maximum absolute atomic E-state index is 14.0. The van der Waals surface area contributed by atoms with E-state index in [0.29, 0.717) is 18.3 Å². The number of rotatable bonds is 3. The third-order valence-corrected chi connectivity index (χ3v) is 3.98. The van der Waals surface area contributed by atoms with Crippen molar-refractivity contribution in [3.63, 3.8) is 0 Å². The van der Waals surface area contributed by atoms with Crippen molar-refractivity contribution in [3.05, 3.63) is 35.2 Å². The highest BCUT2D eigenvalue weighted by molar-refractivity contribution is 5.78. The van der Waals surface area contributed by atoms with Gasteiger partial charge in [-0.25, -0.2) is 4.39 Å². The first-order valence-electron chi connectivity index (χ1n) is 7.12. The second-order valence-electron chi connectivity index (χ2n) is 6.73. The molecular weight excluding hydrogens is 239 g/mol. The van der Waals surface area contributed by atoms with Gasteiger partial charge < -0.3 is 4.74 Å². The predicted molar refractivity (Wildman–Crippen MR) is 75.8 cm³/mol. The first-order chi connectivity index (χ1) is 8.97. The lowest BCUT2D eigenvalue weighted by Crippen LogP contribution is -2.08. The summed E-state index contributed by atoms with van der Waals surface area (Å²) >= 11 is 0. The van der Waals surface area contributed by atoms with E-state index in [4.69, 9.17) is 4.74 Å². The van der Waals surface area contributed by atoms with E-state index >= 15 is 0 Å². The van der Waals surface area contributed by atoms with Crippen LogP contribution in [0.2, 0.25) is 0 Å². The first kappa shape index (κ1) is 12.7. The topological polar surface area (TPSA) is 9.23 Å². The SMILES string of the molecule is CC(C)(C)C1=CCc2c1ccc(F)c2OCC1CC1. The van der Waals surface area contributed by atoms with Gasteiger partial charge in [0, 0.05) is 5.56 Å². The number of fused-ring (bicyclic) bond motifs is 1. The van der Waals surface area contributed by atoms with Crippen molar-refractivity contribution in [1.82, 2.24) is 0 Å². The molecule has 0 radical (unpaired) electrons. The van der Waals surface area contributed by atoms with Crippen molar-refractivity contribution < 1.29 is 9.13 Å². The molecule has 0 N–H and O–H groups in total. The molecule has 0 spiro atoms. The van der Waals surface area contributed by atoms with Gasteiger partial charge in [-0.2, -0.15) is 0 Å². The molecule has 3 rings (SSSR count). The van der Waals surface area contributed by atoms with Crippen LogP contribution in [-0.2, 0) is 6.42 Å². The number of benzene rings is 1. The highest BCUT2D eigenvalue weighted by Gasteiger charge is 2.29. The van der Waals surface area contributed by atoms with Gasteiger partial charge in [-0.3, -0.25) is 0 Å². The summed E-state index contributed by atoms with van der Waals surface area (Å²) in [7, 11) is 0. The summed E-state index contributed by atoms with van der Waals surface area (Å²) in [6, 6.07) is 3.45. The first-order valence-corrected chi connectivity index (χ1v) is 7.12. The number of hydrogen-bond donors (Lipinski definition) is 0. The number of halogens is 1. The Bertz CT molecular complexity index is 533. The average molecular weight is 260 g/mol. The maximum atomic E-state index is 14.0. The van der Waals surface area contributed by atoms with Crippen molar-refractivity contribution in [2.24, 2.45) is 11.3 Å². The average Bonchev–Trinajstić information content (AvgIpc) is 3.03. The summed E-state index contributed by atoms with van der Waals surface area (Å²) in [5, 5.41) is 0. The second kappa shape index (κ2) is 4.36. The van der Waals surface area contributed by atoms with Crippen LogP contribution in [0.4, 0.5) is 4.39 Å². The van der Waals surface area contributed by atoms with Gasteiger partial charge in [0.25, 0.3) is 0 Å². The van der Waals surface area contributed by atoms with Gasteiger partial charge in [0.1, 0.15) is 0 Å². The van der Waals surface area contributed by atoms with Gasteiger partial charge in [-0.05, 0) is 47.8 Å². The van der Waals surface area contributed by atoms with Crippen LogP contribution in [0.25, 0.3) is 5.57 Å². The zero-order valence-electron chi connectivity index (χ0n) is 11.9. The number of ether oxygens (including phenoxy) is 1. The van der Waals surface area contributed by atoms with Crippen LogP contribution in [0.5, 0.6) is 5.75 Å². The van der Waals surface area contributed by atoms with Crippen molar-refractivity contribution in [2.45, 2.75) is 40.0 Å². The Kier molecular flexibility index (Phi) is 2.92. The van der Waals surface area contributed by atoms with Crippen LogP contribution in [-0.4, -0.2) is 6.61 Å². The van der Waals surface area contributed by atoms with Gasteiger partial charge >= 0.3 is 0 Å². The third-order valence-electron chi connectivity index (χ3n) is 3.98. The minimum Gasteiger partial charge on any atom is -0.490 e. The van der Waals surface area contributed by atoms with Gasteiger partial charge in [0.2, 0.25) is 0 Å². The molecule has 0 unspecified atom stereocenters. The van der Waals surface area contributed by atoms with E-state index in [1.54, 1.807) is 6.07 Å². The van der Waals surface area contributed by atoms with Gasteiger partial charge in [-0.15, -0.1) is 0 Å². The summed E-state index contributed by atoms with van der Waals surface area (Å²) in [5.74, 6) is 0.912. The predicted octanol–water partition coefficient (Wildman–Crippen LogP) is 4.60. The number of hydrogen-bond acceptors (Lipinski definition) is 1. The van der Waals surface area contributed by atoms with Crippen LogP contribution in [0.1, 0.15) is 44.7 Å². The Morgan fingerprint density at radius 3 is 2.63 bits per heavy atom. The molecule has 0 saturated heterocycles. The lowest BCUT2D eigenvalue weighted by Gasteiger charge is -2.22. The Labute approximate surface area is 114 Å². The van der Waals surface area contributed by atoms with Crippen molar-refractivity contribution in [1.29, 1.82) is 0 Å². The molecule has 1 nitrogen and oxygen atoms in total. The number of allylic oxidation sites excluding steroid dienone is 2. The summed E-state index contributed by atoms with van der Waals surface area (Å²) in [6.45, 7) is 7.25. The largest absolute Gasteiger partial charge is 0.490 e. The van der Waals surface area contributed by atoms with Crippen molar-refractivity contribution >= 4 is 5.57 Å². The normalized spacial score (nSPS) is 18.2. The minimum absolute atomic E-state index is 0.0941. The smallest absolute Gasteiger partial charge is 0.165 e. The molecule has 0 atom stereocenters. The van der Waals surface area contributed by atoms with E-state index in [2.05, 4.69) is 26.8 Å². The maximum Gasteiger partial charge on any atom is 0.165 e. The molecule has 0 aliphatic heterocycles. The molecule has 1 saturated carbocycles. The summed E-state index contributed by atoms with van der Waals surface area (Å²) in [6.07, 6.45) is 5.46. The molecule has 19 heavy (non-hydrogen) atoms. The second-order valence-corrected chi connectivity index (χ2v) is 6.73. The monoisotopic (exact) mass is 260 g/mol. The lowest BCUT2D eigenvalue weighted by molar-refractivity contribution is 0.283. The van der Waals surface area contributed by atoms with Gasteiger partial charge in [0.15, 0.2) is 11.6 Å². The highest BCUT2D eigenvalue weighted by Crippen LogP contribution is 2.44. The minimum atomic E-state index is -0.219. The zero-order valence-corrected chi connectivity index (χ0v) is 11.9. The summed E-state index contributed by atoms with van der Waals surface area (Å²) < 4.78 is 19.7. The van der Waals surface area contributed by atoms with Crippen LogP contribution in [0.15, 0.2) is 18.2 Å². The Balaban J connectivity index is 1.92. The molecule has 2 aliphatic rings. The standard InChI is InChI=1S/C17H21FO/c1-17(2,3)14-8-6-13-12(14)7-9-15(18)16(13)19-10-11-4-5-11/h7-9,11H,4-6,10H2,1-3H3. The molecule has 1 aromatic rings. The van der Waals surface area contributed by atoms with Crippen LogP contribution in [0, 0.1) is 17.2 Å². The van der Waals surface area contributed by atoms with E-state index in [-0.39, 0.29) is 11.2 Å². The molecular formula is C17H21FO. The van der Waals surface area contributed by atoms with Crippen LogP contribution < -0.4 is 4.74 Å². The van der Waals surface area contributed by atoms with E-state index in [0.717, 1.165) is 12.0 Å². The molecule has 0 bridgehead atoms. The van der Waals surface area contributed by atoms with E-state index in [1.165, 1.54) is 24.0 Å². The molecule has 2 aliphatic carbocycles. The molecule has 102 valence electrons. The highest BCUT2D eigenvalue weighted by atomic mass is 19.1. The molecule has 0 heterocycles. The van der Waals surface area contributed by atoms with Crippen molar-refractivity contribution in [2.75, 3.05) is 6.61 Å². The molecule has 0 amide bonds. The van der Waals surface area contributed by atoms with Crippen molar-refractivity contribution in [3.8, 4) is 5.75 Å². The lowest BCUT2D eigenvalue weighted by atomic mass is 9.83. The Morgan fingerprint density at radius 2 is 2.00 bits per heavy atom. The summed E-state index contributed by atoms with van der Waals surface area (Å²) in [4.78, 5) is 0. The van der Waals surface area contributed by atoms with E-state index in [9.17, 15) is 4.39 Å². The Hall–Kier alpha value is -1.31. The molecule has 1 fully saturated rings. The zero-order chi connectivity index (χ0) is 13.6. The van der Waals surface area contributed by atoms with E-state index in [1.807, 2.05) is 6.07 Å². The Morgan fingerprint density at radius 1 is 1.26 bits per heavy atom. The third kappa shape index (κ3) is 2.41. The van der Waals surface area contributed by atoms with Crippen LogP contribution >= 0.6 is 0 Å². The summed E-state index contributed by atoms with van der Waals surface area (Å²) in [5.41, 5.74) is 3.60. The fourth-order valence-electron chi connectivity index (χ4n) is 2.72. The molecule has 0 aromatic heterocycles. The quantitative estimate of drug-likeness (QED) is 0.771. The fraction of sp³-hybridized carbons (Fsp3) is 0.529. The van der Waals surface area contributed by atoms with E-state index < -0.39 is 0 Å². The molecule has 1 aromatic carbocycles. The van der Waals surface area contributed by atoms with Crippen LogP contribution in [0.3, 0.4) is 0 Å². The van der Waals surface area contributed by atoms with Gasteiger partial charge in [-0.1, -0.05) is 32.9 Å². The molecule has 2 heteroatoms.